The van der Waals surface area contributed by atoms with Gasteiger partial charge in [-0.05, 0) is 56.7 Å². The van der Waals surface area contributed by atoms with E-state index in [1.807, 2.05) is 81.4 Å². The number of hydrogen-bond donors (Lipinski definition) is 1. The molecular weight excluding hydrogens is 470 g/mol. The molecule has 0 bridgehead atoms. The number of benzene rings is 2. The number of nitrogens with one attached hydrogen (secondary N) is 1. The Hall–Kier alpha value is -3.19. The van der Waals surface area contributed by atoms with Gasteiger partial charge in [0, 0.05) is 33.7 Å². The maximum atomic E-state index is 12.7. The van der Waals surface area contributed by atoms with Gasteiger partial charge < -0.3 is 14.6 Å². The predicted molar refractivity (Wildman–Crippen MR) is 127 cm³/mol. The van der Waals surface area contributed by atoms with Gasteiger partial charge in [0.15, 0.2) is 5.58 Å². The molecule has 6 nitrogen and oxygen atoms in total. The van der Waals surface area contributed by atoms with Gasteiger partial charge in [-0.2, -0.15) is 0 Å². The van der Waals surface area contributed by atoms with Crippen LogP contribution < -0.4 is 5.32 Å². The molecule has 0 saturated carbocycles. The lowest BCUT2D eigenvalue weighted by Crippen LogP contribution is -2.36. The lowest BCUT2D eigenvalue weighted by Gasteiger charge is -2.25. The molecule has 0 aliphatic carbocycles. The molecule has 0 aliphatic heterocycles. The molecule has 0 saturated heterocycles. The normalized spacial score (nSPS) is 12.5. The summed E-state index contributed by atoms with van der Waals surface area (Å²) in [7, 11) is 0. The predicted octanol–water partition coefficient (Wildman–Crippen LogP) is 6.46. The van der Waals surface area contributed by atoms with E-state index >= 15 is 0 Å². The first-order valence-corrected chi connectivity index (χ1v) is 11.1. The van der Waals surface area contributed by atoms with Crippen molar-refractivity contribution in [2.24, 2.45) is 0 Å². The van der Waals surface area contributed by atoms with E-state index in [-0.39, 0.29) is 6.04 Å². The van der Waals surface area contributed by atoms with Gasteiger partial charge in [-0.25, -0.2) is 4.79 Å². The Balaban J connectivity index is 1.76. The highest BCUT2D eigenvalue weighted by atomic mass is 79.9. The fraction of sp³-hybridized carbons (Fsp3) is 0.240. The molecule has 0 spiro atoms. The maximum absolute atomic E-state index is 12.7. The smallest absolute Gasteiger partial charge is 0.408 e. The first-order valence-electron chi connectivity index (χ1n) is 10.3. The van der Waals surface area contributed by atoms with E-state index in [9.17, 15) is 4.79 Å². The summed E-state index contributed by atoms with van der Waals surface area (Å²) in [4.78, 5) is 17.1. The second-order valence-electron chi connectivity index (χ2n) is 8.48. The number of aromatic nitrogens is 2. The average Bonchev–Trinajstić information content (AvgIpc) is 3.15. The number of pyridine rings is 1. The van der Waals surface area contributed by atoms with Crippen LogP contribution in [-0.4, -0.2) is 21.8 Å². The van der Waals surface area contributed by atoms with Crippen molar-refractivity contribution in [3.8, 4) is 11.3 Å². The second kappa shape index (κ2) is 9.12. The van der Waals surface area contributed by atoms with Gasteiger partial charge in [0.1, 0.15) is 11.3 Å². The summed E-state index contributed by atoms with van der Waals surface area (Å²) in [6.07, 6.45) is 1.76. The Labute approximate surface area is 195 Å². The molecule has 1 amide bonds. The van der Waals surface area contributed by atoms with Crippen molar-refractivity contribution in [1.29, 1.82) is 0 Å². The number of halogens is 1. The minimum atomic E-state index is -0.602. The Bertz CT molecular complexity index is 1230. The highest BCUT2D eigenvalue weighted by molar-refractivity contribution is 9.10. The Morgan fingerprint density at radius 3 is 2.66 bits per heavy atom. The number of carbonyl (C=O) groups excluding carboxylic acids is 1. The number of nitrogens with zero attached hydrogens (tertiary/aromatic N) is 2. The topological polar surface area (TPSA) is 77.2 Å². The van der Waals surface area contributed by atoms with Gasteiger partial charge >= 0.3 is 6.09 Å². The lowest BCUT2D eigenvalue weighted by atomic mass is 9.93. The standard InChI is InChI=1S/C25H24BrN3O3/c1-25(2,3)31-24(30)28-21(15-17-8-6-7-13-27-17)18-9-4-5-10-19(18)23-20-12-11-16(26)14-22(20)32-29-23/h4-14,21H,15H2,1-3H3,(H,28,30). The summed E-state index contributed by atoms with van der Waals surface area (Å²) in [5.41, 5.74) is 3.45. The number of rotatable bonds is 5. The number of amides is 1. The van der Waals surface area contributed by atoms with Gasteiger partial charge in [0.05, 0.1) is 6.04 Å². The number of hydrogen-bond acceptors (Lipinski definition) is 5. The zero-order valence-corrected chi connectivity index (χ0v) is 19.7. The van der Waals surface area contributed by atoms with Crippen LogP contribution in [0.25, 0.3) is 22.2 Å². The van der Waals surface area contributed by atoms with E-state index in [2.05, 4.69) is 31.4 Å². The Morgan fingerprint density at radius 2 is 1.91 bits per heavy atom. The minimum absolute atomic E-state index is 0.377. The van der Waals surface area contributed by atoms with Crippen molar-refractivity contribution in [3.63, 3.8) is 0 Å². The van der Waals surface area contributed by atoms with Crippen molar-refractivity contribution in [2.75, 3.05) is 0 Å². The van der Waals surface area contributed by atoms with Crippen LogP contribution in [0.2, 0.25) is 0 Å². The third kappa shape index (κ3) is 5.16. The number of alkyl carbamates (subject to hydrolysis) is 1. The maximum Gasteiger partial charge on any atom is 0.408 e. The molecule has 2 aromatic heterocycles. The molecule has 0 aliphatic rings. The molecule has 1 unspecified atom stereocenters. The van der Waals surface area contributed by atoms with E-state index in [1.165, 1.54) is 0 Å². The van der Waals surface area contributed by atoms with Crippen LogP contribution in [-0.2, 0) is 11.2 Å². The lowest BCUT2D eigenvalue weighted by molar-refractivity contribution is 0.0503. The molecule has 0 fully saturated rings. The Kier molecular flexibility index (Phi) is 6.28. The highest BCUT2D eigenvalue weighted by Crippen LogP contribution is 2.35. The fourth-order valence-electron chi connectivity index (χ4n) is 3.54. The summed E-state index contributed by atoms with van der Waals surface area (Å²) in [6.45, 7) is 5.52. The van der Waals surface area contributed by atoms with Gasteiger partial charge in [-0.1, -0.05) is 51.4 Å². The monoisotopic (exact) mass is 493 g/mol. The van der Waals surface area contributed by atoms with Gasteiger partial charge in [-0.3, -0.25) is 4.98 Å². The third-order valence-electron chi connectivity index (χ3n) is 4.86. The molecule has 164 valence electrons. The second-order valence-corrected chi connectivity index (χ2v) is 9.40. The van der Waals surface area contributed by atoms with Gasteiger partial charge in [0.25, 0.3) is 0 Å². The van der Waals surface area contributed by atoms with Crippen molar-refractivity contribution in [1.82, 2.24) is 15.5 Å². The average molecular weight is 494 g/mol. The molecule has 1 N–H and O–H groups in total. The van der Waals surface area contributed by atoms with Crippen LogP contribution in [0.15, 0.2) is 75.9 Å². The third-order valence-corrected chi connectivity index (χ3v) is 5.35. The van der Waals surface area contributed by atoms with E-state index in [0.717, 1.165) is 32.4 Å². The zero-order chi connectivity index (χ0) is 22.7. The molecule has 4 aromatic rings. The molecule has 7 heteroatoms. The molecule has 4 rings (SSSR count). The van der Waals surface area contributed by atoms with Crippen LogP contribution >= 0.6 is 15.9 Å². The van der Waals surface area contributed by atoms with E-state index < -0.39 is 11.7 Å². The van der Waals surface area contributed by atoms with Crippen LogP contribution in [0.1, 0.15) is 38.1 Å². The summed E-state index contributed by atoms with van der Waals surface area (Å²) >= 11 is 3.47. The summed E-state index contributed by atoms with van der Waals surface area (Å²) in [6, 6.07) is 19.0. The van der Waals surface area contributed by atoms with Crippen molar-refractivity contribution >= 4 is 33.0 Å². The zero-order valence-electron chi connectivity index (χ0n) is 18.1. The van der Waals surface area contributed by atoms with E-state index in [4.69, 9.17) is 9.26 Å². The largest absolute Gasteiger partial charge is 0.444 e. The van der Waals surface area contributed by atoms with Crippen LogP contribution in [0.3, 0.4) is 0 Å². The van der Waals surface area contributed by atoms with Gasteiger partial charge in [-0.15, -0.1) is 0 Å². The molecule has 0 radical (unpaired) electrons. The van der Waals surface area contributed by atoms with Crippen molar-refractivity contribution < 1.29 is 14.1 Å². The first kappa shape index (κ1) is 22.0. The van der Waals surface area contributed by atoms with E-state index in [0.29, 0.717) is 12.0 Å². The summed E-state index contributed by atoms with van der Waals surface area (Å²) < 4.78 is 12.0. The number of carbonyl (C=O) groups is 1. The SMILES string of the molecule is CC(C)(C)OC(=O)NC(Cc1ccccn1)c1ccccc1-c1noc2cc(Br)ccc12. The molecule has 32 heavy (non-hydrogen) atoms. The highest BCUT2D eigenvalue weighted by Gasteiger charge is 2.25. The van der Waals surface area contributed by atoms with Crippen LogP contribution in [0, 0.1) is 0 Å². The molecule has 2 aromatic carbocycles. The fourth-order valence-corrected chi connectivity index (χ4v) is 3.88. The molecular formula is C25H24BrN3O3. The van der Waals surface area contributed by atoms with Crippen LogP contribution in [0.4, 0.5) is 4.79 Å². The molecule has 2 heterocycles. The number of fused-ring (bicyclic) bond motifs is 1. The minimum Gasteiger partial charge on any atom is -0.444 e. The van der Waals surface area contributed by atoms with E-state index in [1.54, 1.807) is 6.20 Å². The summed E-state index contributed by atoms with van der Waals surface area (Å²) in [5, 5.41) is 8.27. The number of ether oxygens (including phenoxy) is 1. The first-order chi connectivity index (χ1) is 15.3. The van der Waals surface area contributed by atoms with Gasteiger partial charge in [0.2, 0.25) is 0 Å². The summed E-state index contributed by atoms with van der Waals surface area (Å²) in [5.74, 6) is 0. The Morgan fingerprint density at radius 1 is 1.12 bits per heavy atom. The quantitative estimate of drug-likeness (QED) is 0.345. The van der Waals surface area contributed by atoms with Crippen LogP contribution in [0.5, 0.6) is 0 Å². The van der Waals surface area contributed by atoms with Crippen molar-refractivity contribution in [2.45, 2.75) is 38.8 Å². The van der Waals surface area contributed by atoms with Crippen molar-refractivity contribution in [3.05, 3.63) is 82.6 Å². The molecule has 1 atom stereocenters.